The summed E-state index contributed by atoms with van der Waals surface area (Å²) in [6, 6.07) is 0. The van der Waals surface area contributed by atoms with Crippen molar-refractivity contribution in [3.63, 3.8) is 0 Å². The third kappa shape index (κ3) is 5.26. The van der Waals surface area contributed by atoms with Gasteiger partial charge in [0.1, 0.15) is 6.29 Å². The Morgan fingerprint density at radius 3 is 2.06 bits per heavy atom. The molecule has 2 aliphatic carbocycles. The lowest BCUT2D eigenvalue weighted by Gasteiger charge is -2.13. The van der Waals surface area contributed by atoms with Crippen LogP contribution in [0, 0.1) is 11.8 Å². The van der Waals surface area contributed by atoms with Crippen LogP contribution in [-0.2, 0) is 4.79 Å². The van der Waals surface area contributed by atoms with E-state index >= 15 is 0 Å². The maximum absolute atomic E-state index is 10.1. The first-order valence-electron chi connectivity index (χ1n) is 6.23. The smallest absolute Gasteiger partial charge is 0.123 e. The van der Waals surface area contributed by atoms with Gasteiger partial charge in [-0.1, -0.05) is 24.3 Å². The second-order valence-corrected chi connectivity index (χ2v) is 4.51. The molecule has 16 heavy (non-hydrogen) atoms. The molecule has 2 atom stereocenters. The van der Waals surface area contributed by atoms with E-state index in [1.54, 1.807) is 0 Å². The molecule has 2 nitrogen and oxygen atoms in total. The number of hydrogen-bond acceptors (Lipinski definition) is 2. The molecule has 2 aliphatic rings. The SMILES string of the molecule is O=CC1CC=CCC1.OCC1CC=CCC1. The van der Waals surface area contributed by atoms with Gasteiger partial charge in [0, 0.05) is 12.5 Å². The molecule has 0 fully saturated rings. The third-order valence-corrected chi connectivity index (χ3v) is 3.14. The van der Waals surface area contributed by atoms with E-state index in [1.807, 2.05) is 0 Å². The summed E-state index contributed by atoms with van der Waals surface area (Å²) in [5.41, 5.74) is 0. The summed E-state index contributed by atoms with van der Waals surface area (Å²) >= 11 is 0. The van der Waals surface area contributed by atoms with E-state index in [0.29, 0.717) is 18.4 Å². The third-order valence-electron chi connectivity index (χ3n) is 3.14. The van der Waals surface area contributed by atoms with Crippen molar-refractivity contribution in [2.45, 2.75) is 38.5 Å². The Kier molecular flexibility index (Phi) is 6.82. The molecule has 0 bridgehead atoms. The standard InChI is InChI=1S/C7H12O.C7H10O/c2*8-6-7-4-2-1-3-5-7/h1-2,7-8H,3-6H2;1-2,6-7H,3-5H2. The van der Waals surface area contributed by atoms with Gasteiger partial charge in [0.25, 0.3) is 0 Å². The first-order valence-corrected chi connectivity index (χ1v) is 6.23. The Bertz CT molecular complexity index is 243. The van der Waals surface area contributed by atoms with Gasteiger partial charge in [-0.2, -0.15) is 0 Å². The van der Waals surface area contributed by atoms with Gasteiger partial charge in [-0.3, -0.25) is 0 Å². The lowest BCUT2D eigenvalue weighted by molar-refractivity contribution is -0.111. The van der Waals surface area contributed by atoms with Gasteiger partial charge >= 0.3 is 0 Å². The van der Waals surface area contributed by atoms with Crippen molar-refractivity contribution in [2.24, 2.45) is 11.8 Å². The highest BCUT2D eigenvalue weighted by Crippen LogP contribution is 2.16. The number of hydrogen-bond donors (Lipinski definition) is 1. The second-order valence-electron chi connectivity index (χ2n) is 4.51. The van der Waals surface area contributed by atoms with Crippen LogP contribution in [0.1, 0.15) is 38.5 Å². The fraction of sp³-hybridized carbons (Fsp3) is 0.643. The van der Waals surface area contributed by atoms with Gasteiger partial charge in [0.15, 0.2) is 0 Å². The molecule has 0 spiro atoms. The highest BCUT2D eigenvalue weighted by Gasteiger charge is 2.06. The van der Waals surface area contributed by atoms with E-state index in [9.17, 15) is 4.79 Å². The van der Waals surface area contributed by atoms with E-state index in [-0.39, 0.29) is 0 Å². The van der Waals surface area contributed by atoms with Gasteiger partial charge in [-0.25, -0.2) is 0 Å². The van der Waals surface area contributed by atoms with Crippen molar-refractivity contribution in [3.05, 3.63) is 24.3 Å². The van der Waals surface area contributed by atoms with Gasteiger partial charge in [0.05, 0.1) is 0 Å². The minimum atomic E-state index is 0.319. The van der Waals surface area contributed by atoms with Crippen molar-refractivity contribution in [1.29, 1.82) is 0 Å². The quantitative estimate of drug-likeness (QED) is 0.576. The van der Waals surface area contributed by atoms with E-state index in [1.165, 1.54) is 6.42 Å². The summed E-state index contributed by atoms with van der Waals surface area (Å²) in [5.74, 6) is 0.875. The number of carbonyl (C=O) groups excluding carboxylic acids is 1. The van der Waals surface area contributed by atoms with Crippen LogP contribution in [0.5, 0.6) is 0 Å². The number of allylic oxidation sites excluding steroid dienone is 4. The van der Waals surface area contributed by atoms with Crippen molar-refractivity contribution >= 4 is 6.29 Å². The predicted octanol–water partition coefficient (Wildman–Crippen LogP) is 2.88. The monoisotopic (exact) mass is 222 g/mol. The molecule has 0 heterocycles. The number of aliphatic hydroxyl groups excluding tert-OH is 1. The number of aliphatic hydroxyl groups is 1. The summed E-state index contributed by atoms with van der Waals surface area (Å²) < 4.78 is 0. The molecular formula is C14H22O2. The maximum Gasteiger partial charge on any atom is 0.123 e. The zero-order valence-electron chi connectivity index (χ0n) is 9.85. The van der Waals surface area contributed by atoms with Crippen LogP contribution in [0.4, 0.5) is 0 Å². The molecule has 0 amide bonds. The Morgan fingerprint density at radius 2 is 1.75 bits per heavy atom. The zero-order chi connectivity index (χ0) is 11.6. The summed E-state index contributed by atoms with van der Waals surface area (Å²) in [7, 11) is 0. The number of aldehydes is 1. The summed E-state index contributed by atoms with van der Waals surface area (Å²) in [5, 5.41) is 8.66. The summed E-state index contributed by atoms with van der Waals surface area (Å²) in [6.45, 7) is 0.365. The van der Waals surface area contributed by atoms with E-state index in [2.05, 4.69) is 24.3 Å². The molecule has 2 unspecified atom stereocenters. The Labute approximate surface area is 98.1 Å². The number of rotatable bonds is 2. The molecule has 0 saturated carbocycles. The highest BCUT2D eigenvalue weighted by molar-refractivity contribution is 5.54. The van der Waals surface area contributed by atoms with Crippen LogP contribution in [0.2, 0.25) is 0 Å². The molecule has 0 saturated heterocycles. The van der Waals surface area contributed by atoms with Gasteiger partial charge in [-0.05, 0) is 44.4 Å². The largest absolute Gasteiger partial charge is 0.396 e. The first-order chi connectivity index (χ1) is 7.86. The van der Waals surface area contributed by atoms with E-state index < -0.39 is 0 Å². The fourth-order valence-electron chi connectivity index (χ4n) is 1.96. The lowest BCUT2D eigenvalue weighted by atomic mass is 9.96. The van der Waals surface area contributed by atoms with Gasteiger partial charge in [0.2, 0.25) is 0 Å². The van der Waals surface area contributed by atoms with Crippen molar-refractivity contribution in [1.82, 2.24) is 0 Å². The zero-order valence-corrected chi connectivity index (χ0v) is 9.85. The second kappa shape index (κ2) is 8.28. The Balaban J connectivity index is 0.000000160. The lowest BCUT2D eigenvalue weighted by Crippen LogP contribution is -2.06. The minimum absolute atomic E-state index is 0.319. The van der Waals surface area contributed by atoms with Crippen LogP contribution in [0.25, 0.3) is 0 Å². The highest BCUT2D eigenvalue weighted by atomic mass is 16.3. The van der Waals surface area contributed by atoms with Gasteiger partial charge in [-0.15, -0.1) is 0 Å². The number of carbonyl (C=O) groups is 1. The van der Waals surface area contributed by atoms with E-state index in [0.717, 1.165) is 38.4 Å². The van der Waals surface area contributed by atoms with Crippen LogP contribution >= 0.6 is 0 Å². The molecule has 2 heteroatoms. The molecular weight excluding hydrogens is 200 g/mol. The maximum atomic E-state index is 10.1. The topological polar surface area (TPSA) is 37.3 Å². The van der Waals surface area contributed by atoms with Crippen LogP contribution < -0.4 is 0 Å². The van der Waals surface area contributed by atoms with Gasteiger partial charge < -0.3 is 9.90 Å². The molecule has 0 aromatic rings. The molecule has 0 radical (unpaired) electrons. The normalized spacial score (nSPS) is 28.1. The first kappa shape index (κ1) is 13.2. The van der Waals surface area contributed by atoms with Crippen LogP contribution in [-0.4, -0.2) is 18.0 Å². The Hall–Kier alpha value is -0.890. The molecule has 0 aromatic carbocycles. The van der Waals surface area contributed by atoms with Crippen molar-refractivity contribution < 1.29 is 9.90 Å². The minimum Gasteiger partial charge on any atom is -0.396 e. The summed E-state index contributed by atoms with van der Waals surface area (Å²) in [4.78, 5) is 10.1. The fourth-order valence-corrected chi connectivity index (χ4v) is 1.96. The van der Waals surface area contributed by atoms with Crippen LogP contribution in [0.15, 0.2) is 24.3 Å². The van der Waals surface area contributed by atoms with Crippen LogP contribution in [0.3, 0.4) is 0 Å². The average Bonchev–Trinajstić information content (AvgIpc) is 2.41. The van der Waals surface area contributed by atoms with E-state index in [4.69, 9.17) is 5.11 Å². The van der Waals surface area contributed by atoms with Crippen molar-refractivity contribution in [3.8, 4) is 0 Å². The average molecular weight is 222 g/mol. The molecule has 1 N–H and O–H groups in total. The summed E-state index contributed by atoms with van der Waals surface area (Å²) in [6.07, 6.45) is 16.1. The van der Waals surface area contributed by atoms with Crippen molar-refractivity contribution in [2.75, 3.05) is 6.61 Å². The molecule has 0 aliphatic heterocycles. The molecule has 0 aromatic heterocycles. The molecule has 2 rings (SSSR count). The molecule has 90 valence electrons. The predicted molar refractivity (Wildman–Crippen MR) is 66.1 cm³/mol. The Morgan fingerprint density at radius 1 is 1.06 bits per heavy atom.